The number of aliphatic hydroxyl groups excluding tert-OH is 2. The van der Waals surface area contributed by atoms with Gasteiger partial charge >= 0.3 is 0 Å². The molecule has 1 aromatic rings. The molecule has 1 saturated carbocycles. The van der Waals surface area contributed by atoms with Gasteiger partial charge in [-0.3, -0.25) is 4.90 Å². The van der Waals surface area contributed by atoms with Crippen LogP contribution in [-0.4, -0.2) is 40.9 Å². The van der Waals surface area contributed by atoms with Crippen molar-refractivity contribution in [2.24, 2.45) is 0 Å². The maximum Gasteiger partial charge on any atom is 0.0813 e. The third-order valence-electron chi connectivity index (χ3n) is 3.93. The number of rotatable bonds is 7. The summed E-state index contributed by atoms with van der Waals surface area (Å²) in [5.41, 5.74) is 0.944. The van der Waals surface area contributed by atoms with Crippen molar-refractivity contribution in [2.75, 3.05) is 19.7 Å². The molecule has 1 aliphatic carbocycles. The van der Waals surface area contributed by atoms with Crippen LogP contribution in [-0.2, 0) is 0 Å². The van der Waals surface area contributed by atoms with Gasteiger partial charge in [0.05, 0.1) is 12.7 Å². The molecule has 1 aliphatic rings. The Morgan fingerprint density at radius 1 is 1.26 bits per heavy atom. The maximum atomic E-state index is 10.3. The highest BCUT2D eigenvalue weighted by atomic mass is 79.9. The lowest BCUT2D eigenvalue weighted by Crippen LogP contribution is -2.42. The minimum Gasteiger partial charge on any atom is -0.395 e. The molecule has 3 nitrogen and oxygen atoms in total. The Hall–Kier alpha value is -0.420. The van der Waals surface area contributed by atoms with Gasteiger partial charge in [-0.1, -0.05) is 40.5 Å². The SMILES string of the molecule is OCCN(CCC(O)c1ccccc1Br)C1CCC1. The van der Waals surface area contributed by atoms with E-state index in [0.29, 0.717) is 19.0 Å². The maximum absolute atomic E-state index is 10.3. The molecule has 0 heterocycles. The van der Waals surface area contributed by atoms with Crippen molar-refractivity contribution in [1.29, 1.82) is 0 Å². The first-order valence-electron chi connectivity index (χ1n) is 6.99. The van der Waals surface area contributed by atoms with Gasteiger partial charge in [-0.05, 0) is 30.9 Å². The van der Waals surface area contributed by atoms with E-state index in [0.717, 1.165) is 16.6 Å². The first-order chi connectivity index (χ1) is 9.22. The zero-order valence-corrected chi connectivity index (χ0v) is 12.7. The third-order valence-corrected chi connectivity index (χ3v) is 4.65. The van der Waals surface area contributed by atoms with E-state index in [-0.39, 0.29) is 6.61 Å². The molecule has 1 atom stereocenters. The standard InChI is InChI=1S/C15H22BrNO2/c16-14-7-2-1-6-13(14)15(19)8-9-17(10-11-18)12-4-3-5-12/h1-2,6-7,12,15,18-19H,3-5,8-11H2. The molecule has 19 heavy (non-hydrogen) atoms. The smallest absolute Gasteiger partial charge is 0.0813 e. The summed E-state index contributed by atoms with van der Waals surface area (Å²) in [6.07, 6.45) is 4.01. The van der Waals surface area contributed by atoms with Gasteiger partial charge in [-0.15, -0.1) is 0 Å². The van der Waals surface area contributed by atoms with Crippen molar-refractivity contribution in [2.45, 2.75) is 37.8 Å². The number of hydrogen-bond donors (Lipinski definition) is 2. The van der Waals surface area contributed by atoms with Crippen LogP contribution in [0, 0.1) is 0 Å². The van der Waals surface area contributed by atoms with Crippen molar-refractivity contribution in [3.63, 3.8) is 0 Å². The van der Waals surface area contributed by atoms with Gasteiger partial charge in [0, 0.05) is 23.6 Å². The fourth-order valence-electron chi connectivity index (χ4n) is 2.55. The highest BCUT2D eigenvalue weighted by molar-refractivity contribution is 9.10. The molecule has 0 saturated heterocycles. The average Bonchev–Trinajstić information content (AvgIpc) is 2.34. The topological polar surface area (TPSA) is 43.7 Å². The summed E-state index contributed by atoms with van der Waals surface area (Å²) in [4.78, 5) is 2.31. The lowest BCUT2D eigenvalue weighted by molar-refractivity contribution is 0.0763. The molecule has 1 fully saturated rings. The summed E-state index contributed by atoms with van der Waals surface area (Å²) < 4.78 is 0.958. The molecule has 4 heteroatoms. The Kier molecular flexibility index (Phi) is 5.82. The second-order valence-corrected chi connectivity index (χ2v) is 6.02. The second kappa shape index (κ2) is 7.39. The summed E-state index contributed by atoms with van der Waals surface area (Å²) in [7, 11) is 0. The van der Waals surface area contributed by atoms with E-state index in [1.165, 1.54) is 19.3 Å². The molecule has 0 radical (unpaired) electrons. The molecule has 0 bridgehead atoms. The molecule has 0 aromatic heterocycles. The monoisotopic (exact) mass is 327 g/mol. The van der Waals surface area contributed by atoms with Crippen LogP contribution >= 0.6 is 15.9 Å². The van der Waals surface area contributed by atoms with Crippen molar-refractivity contribution >= 4 is 15.9 Å². The Morgan fingerprint density at radius 2 is 2.00 bits per heavy atom. The van der Waals surface area contributed by atoms with Crippen molar-refractivity contribution in [3.8, 4) is 0 Å². The van der Waals surface area contributed by atoms with Gasteiger partial charge in [0.2, 0.25) is 0 Å². The van der Waals surface area contributed by atoms with Crippen LogP contribution in [0.5, 0.6) is 0 Å². The Morgan fingerprint density at radius 3 is 2.58 bits per heavy atom. The summed E-state index contributed by atoms with van der Waals surface area (Å²) >= 11 is 3.47. The van der Waals surface area contributed by atoms with E-state index in [4.69, 9.17) is 5.11 Å². The van der Waals surface area contributed by atoms with Crippen LogP contribution in [0.4, 0.5) is 0 Å². The molecule has 1 aromatic carbocycles. The molecule has 2 N–H and O–H groups in total. The average molecular weight is 328 g/mol. The van der Waals surface area contributed by atoms with Gasteiger partial charge in [-0.25, -0.2) is 0 Å². The fourth-order valence-corrected chi connectivity index (χ4v) is 3.10. The molecule has 0 amide bonds. The van der Waals surface area contributed by atoms with Gasteiger partial charge in [0.1, 0.15) is 0 Å². The minimum absolute atomic E-state index is 0.196. The largest absolute Gasteiger partial charge is 0.395 e. The van der Waals surface area contributed by atoms with Crippen LogP contribution in [0.15, 0.2) is 28.7 Å². The van der Waals surface area contributed by atoms with Gasteiger partial charge in [-0.2, -0.15) is 0 Å². The third kappa shape index (κ3) is 4.02. The van der Waals surface area contributed by atoms with Crippen molar-refractivity contribution in [1.82, 2.24) is 4.90 Å². The molecule has 0 spiro atoms. The van der Waals surface area contributed by atoms with Crippen LogP contribution in [0.25, 0.3) is 0 Å². The van der Waals surface area contributed by atoms with Crippen LogP contribution < -0.4 is 0 Å². The van der Waals surface area contributed by atoms with E-state index < -0.39 is 6.10 Å². The Bertz CT molecular complexity index is 395. The molecular formula is C15H22BrNO2. The first-order valence-corrected chi connectivity index (χ1v) is 7.79. The lowest BCUT2D eigenvalue weighted by atomic mass is 9.91. The van der Waals surface area contributed by atoms with Crippen LogP contribution in [0.3, 0.4) is 0 Å². The van der Waals surface area contributed by atoms with E-state index in [1.807, 2.05) is 24.3 Å². The molecule has 2 rings (SSSR count). The fraction of sp³-hybridized carbons (Fsp3) is 0.600. The lowest BCUT2D eigenvalue weighted by Gasteiger charge is -2.37. The van der Waals surface area contributed by atoms with Gasteiger partial charge < -0.3 is 10.2 Å². The quantitative estimate of drug-likeness (QED) is 0.809. The summed E-state index contributed by atoms with van der Waals surface area (Å²) in [5, 5.41) is 19.4. The Balaban J connectivity index is 1.87. The molecule has 1 unspecified atom stereocenters. The van der Waals surface area contributed by atoms with Crippen LogP contribution in [0.1, 0.15) is 37.4 Å². The summed E-state index contributed by atoms with van der Waals surface area (Å²) in [6.45, 7) is 1.75. The van der Waals surface area contributed by atoms with E-state index >= 15 is 0 Å². The highest BCUT2D eigenvalue weighted by Crippen LogP contribution is 2.28. The molecule has 0 aliphatic heterocycles. The number of nitrogens with zero attached hydrogens (tertiary/aromatic N) is 1. The van der Waals surface area contributed by atoms with Gasteiger partial charge in [0.15, 0.2) is 0 Å². The number of halogens is 1. The highest BCUT2D eigenvalue weighted by Gasteiger charge is 2.25. The van der Waals surface area contributed by atoms with Crippen molar-refractivity contribution < 1.29 is 10.2 Å². The van der Waals surface area contributed by atoms with Crippen LogP contribution in [0.2, 0.25) is 0 Å². The number of hydrogen-bond acceptors (Lipinski definition) is 3. The first kappa shape index (κ1) is 15.0. The molecular weight excluding hydrogens is 306 g/mol. The minimum atomic E-state index is -0.447. The summed E-state index contributed by atoms with van der Waals surface area (Å²) in [6, 6.07) is 8.41. The predicted molar refractivity (Wildman–Crippen MR) is 80.0 cm³/mol. The van der Waals surface area contributed by atoms with Crippen molar-refractivity contribution in [3.05, 3.63) is 34.3 Å². The second-order valence-electron chi connectivity index (χ2n) is 5.17. The summed E-state index contributed by atoms with van der Waals surface area (Å²) in [5.74, 6) is 0. The number of aliphatic hydroxyl groups is 2. The predicted octanol–water partition coefficient (Wildman–Crippen LogP) is 2.72. The Labute approximate surface area is 123 Å². The molecule has 106 valence electrons. The van der Waals surface area contributed by atoms with E-state index in [9.17, 15) is 5.11 Å². The normalized spacial score (nSPS) is 17.5. The van der Waals surface area contributed by atoms with E-state index in [2.05, 4.69) is 20.8 Å². The van der Waals surface area contributed by atoms with Gasteiger partial charge in [0.25, 0.3) is 0 Å². The zero-order chi connectivity index (χ0) is 13.7. The van der Waals surface area contributed by atoms with E-state index in [1.54, 1.807) is 0 Å². The number of benzene rings is 1. The zero-order valence-electron chi connectivity index (χ0n) is 11.1.